The first-order valence-corrected chi connectivity index (χ1v) is 5.87. The largest absolute Gasteiger partial charge is 0.492 e. The Morgan fingerprint density at radius 3 is 3.00 bits per heavy atom. The van der Waals surface area contributed by atoms with Crippen molar-refractivity contribution in [3.63, 3.8) is 0 Å². The van der Waals surface area contributed by atoms with Crippen molar-refractivity contribution >= 4 is 22.5 Å². The Kier molecular flexibility index (Phi) is 3.70. The van der Waals surface area contributed by atoms with E-state index in [1.54, 1.807) is 0 Å². The van der Waals surface area contributed by atoms with Crippen LogP contribution < -0.4 is 10.5 Å². The number of hydrogen-bond donors (Lipinski definition) is 2. The zero-order valence-electron chi connectivity index (χ0n) is 9.00. The molecular formula is C12H15ClN2O. The maximum Gasteiger partial charge on any atom is 0.120 e. The fourth-order valence-electron chi connectivity index (χ4n) is 1.77. The van der Waals surface area contributed by atoms with Gasteiger partial charge in [-0.05, 0) is 36.7 Å². The predicted molar refractivity (Wildman–Crippen MR) is 67.3 cm³/mol. The summed E-state index contributed by atoms with van der Waals surface area (Å²) >= 11 is 5.58. The van der Waals surface area contributed by atoms with Crippen molar-refractivity contribution in [2.45, 2.75) is 6.42 Å². The average Bonchev–Trinajstić information content (AvgIpc) is 2.70. The van der Waals surface area contributed by atoms with Crippen molar-refractivity contribution in [3.05, 3.63) is 30.0 Å². The van der Waals surface area contributed by atoms with Crippen LogP contribution in [0.5, 0.6) is 5.75 Å². The highest BCUT2D eigenvalue weighted by Gasteiger charge is 2.04. The summed E-state index contributed by atoms with van der Waals surface area (Å²) in [7, 11) is 0. The molecule has 16 heavy (non-hydrogen) atoms. The van der Waals surface area contributed by atoms with E-state index in [4.69, 9.17) is 22.1 Å². The minimum atomic E-state index is 0.501. The van der Waals surface area contributed by atoms with Crippen molar-refractivity contribution in [1.29, 1.82) is 0 Å². The van der Waals surface area contributed by atoms with Crippen molar-refractivity contribution in [1.82, 2.24) is 4.98 Å². The van der Waals surface area contributed by atoms with Gasteiger partial charge >= 0.3 is 0 Å². The van der Waals surface area contributed by atoms with E-state index in [1.165, 1.54) is 10.9 Å². The number of H-pyrrole nitrogens is 1. The molecule has 1 heterocycles. The van der Waals surface area contributed by atoms with Crippen LogP contribution in [0, 0.1) is 0 Å². The molecule has 0 spiro atoms. The highest BCUT2D eigenvalue weighted by atomic mass is 35.5. The van der Waals surface area contributed by atoms with Gasteiger partial charge < -0.3 is 15.5 Å². The van der Waals surface area contributed by atoms with Gasteiger partial charge in [-0.1, -0.05) is 0 Å². The average molecular weight is 239 g/mol. The van der Waals surface area contributed by atoms with E-state index in [0.717, 1.165) is 17.7 Å². The lowest BCUT2D eigenvalue weighted by Crippen LogP contribution is -2.02. The molecule has 4 heteroatoms. The van der Waals surface area contributed by atoms with Crippen LogP contribution in [0.15, 0.2) is 24.4 Å². The van der Waals surface area contributed by atoms with Gasteiger partial charge in [-0.15, -0.1) is 11.6 Å². The molecule has 0 fully saturated rings. The zero-order chi connectivity index (χ0) is 11.4. The van der Waals surface area contributed by atoms with E-state index in [2.05, 4.69) is 4.98 Å². The number of fused-ring (bicyclic) bond motifs is 1. The molecule has 0 saturated heterocycles. The number of nitrogens with one attached hydrogen (secondary N) is 1. The number of ether oxygens (including phenoxy) is 1. The molecule has 0 radical (unpaired) electrons. The monoisotopic (exact) mass is 238 g/mol. The Labute approximate surface area is 99.5 Å². The van der Waals surface area contributed by atoms with Gasteiger partial charge in [-0.2, -0.15) is 0 Å². The van der Waals surface area contributed by atoms with Crippen molar-refractivity contribution in [2.75, 3.05) is 19.0 Å². The number of halogens is 1. The standard InChI is InChI=1S/C12H15ClN2O/c13-4-6-16-10-1-2-12-11(7-10)9(3-5-14)8-15-12/h1-2,7-8,15H,3-6,14H2. The Bertz CT molecular complexity index is 467. The second kappa shape index (κ2) is 5.23. The van der Waals surface area contributed by atoms with Crippen LogP contribution in [-0.4, -0.2) is 24.0 Å². The predicted octanol–water partition coefficient (Wildman–Crippen LogP) is 2.29. The number of benzene rings is 1. The Balaban J connectivity index is 2.30. The molecule has 0 bridgehead atoms. The summed E-state index contributed by atoms with van der Waals surface area (Å²) in [6, 6.07) is 5.99. The summed E-state index contributed by atoms with van der Waals surface area (Å²) < 4.78 is 5.49. The molecule has 86 valence electrons. The van der Waals surface area contributed by atoms with E-state index in [0.29, 0.717) is 19.0 Å². The molecule has 3 N–H and O–H groups in total. The van der Waals surface area contributed by atoms with Gasteiger partial charge in [0.1, 0.15) is 12.4 Å². The minimum absolute atomic E-state index is 0.501. The smallest absolute Gasteiger partial charge is 0.120 e. The second-order valence-corrected chi connectivity index (χ2v) is 3.98. The van der Waals surface area contributed by atoms with Gasteiger partial charge in [0.15, 0.2) is 0 Å². The van der Waals surface area contributed by atoms with Gasteiger partial charge in [0, 0.05) is 17.1 Å². The van der Waals surface area contributed by atoms with E-state index in [-0.39, 0.29) is 0 Å². The lowest BCUT2D eigenvalue weighted by molar-refractivity contribution is 0.343. The van der Waals surface area contributed by atoms with Crippen molar-refractivity contribution in [2.24, 2.45) is 5.73 Å². The van der Waals surface area contributed by atoms with Gasteiger partial charge in [-0.3, -0.25) is 0 Å². The summed E-state index contributed by atoms with van der Waals surface area (Å²) in [6.07, 6.45) is 2.88. The fraction of sp³-hybridized carbons (Fsp3) is 0.333. The zero-order valence-corrected chi connectivity index (χ0v) is 9.76. The van der Waals surface area contributed by atoms with Crippen molar-refractivity contribution in [3.8, 4) is 5.75 Å². The summed E-state index contributed by atoms with van der Waals surface area (Å²) in [4.78, 5) is 3.22. The maximum absolute atomic E-state index is 5.58. The number of aromatic amines is 1. The molecule has 0 unspecified atom stereocenters. The van der Waals surface area contributed by atoms with E-state index >= 15 is 0 Å². The van der Waals surface area contributed by atoms with Gasteiger partial charge in [0.2, 0.25) is 0 Å². The summed E-state index contributed by atoms with van der Waals surface area (Å²) in [5.74, 6) is 1.35. The molecule has 1 aromatic heterocycles. The molecule has 0 amide bonds. The Morgan fingerprint density at radius 2 is 2.25 bits per heavy atom. The third kappa shape index (κ3) is 2.31. The highest BCUT2D eigenvalue weighted by molar-refractivity contribution is 6.18. The molecule has 2 aromatic rings. The second-order valence-electron chi connectivity index (χ2n) is 3.60. The van der Waals surface area contributed by atoms with Crippen LogP contribution in [-0.2, 0) is 6.42 Å². The van der Waals surface area contributed by atoms with Gasteiger partial charge in [-0.25, -0.2) is 0 Å². The summed E-state index contributed by atoms with van der Waals surface area (Å²) in [6.45, 7) is 1.18. The first-order valence-electron chi connectivity index (χ1n) is 5.34. The highest BCUT2D eigenvalue weighted by Crippen LogP contribution is 2.23. The number of hydrogen-bond acceptors (Lipinski definition) is 2. The summed E-state index contributed by atoms with van der Waals surface area (Å²) in [5, 5.41) is 1.18. The van der Waals surface area contributed by atoms with E-state index in [9.17, 15) is 0 Å². The van der Waals surface area contributed by atoms with Crippen LogP contribution in [0.2, 0.25) is 0 Å². The van der Waals surface area contributed by atoms with Crippen LogP contribution >= 0.6 is 11.6 Å². The molecule has 0 aliphatic carbocycles. The number of alkyl halides is 1. The molecule has 1 aromatic carbocycles. The quantitative estimate of drug-likeness (QED) is 0.786. The fourth-order valence-corrected chi connectivity index (χ4v) is 1.84. The van der Waals surface area contributed by atoms with Crippen LogP contribution in [0.1, 0.15) is 5.56 Å². The Hall–Kier alpha value is -1.19. The Morgan fingerprint density at radius 1 is 1.38 bits per heavy atom. The molecule has 0 aliphatic heterocycles. The van der Waals surface area contributed by atoms with Crippen molar-refractivity contribution < 1.29 is 4.74 Å². The normalized spacial score (nSPS) is 10.9. The number of rotatable bonds is 5. The van der Waals surface area contributed by atoms with Gasteiger partial charge in [0.25, 0.3) is 0 Å². The lowest BCUT2D eigenvalue weighted by Gasteiger charge is -2.04. The SMILES string of the molecule is NCCc1c[nH]c2ccc(OCCCl)cc12. The molecule has 2 rings (SSSR count). The first-order chi connectivity index (χ1) is 7.85. The molecule has 0 saturated carbocycles. The van der Waals surface area contributed by atoms with E-state index < -0.39 is 0 Å². The van der Waals surface area contributed by atoms with Gasteiger partial charge in [0.05, 0.1) is 5.88 Å². The molecule has 0 aliphatic rings. The van der Waals surface area contributed by atoms with E-state index in [1.807, 2.05) is 24.4 Å². The number of aromatic nitrogens is 1. The molecule has 0 atom stereocenters. The lowest BCUT2D eigenvalue weighted by atomic mass is 10.1. The molecule has 3 nitrogen and oxygen atoms in total. The van der Waals surface area contributed by atoms with Crippen LogP contribution in [0.3, 0.4) is 0 Å². The number of nitrogens with two attached hydrogens (primary N) is 1. The minimum Gasteiger partial charge on any atom is -0.492 e. The summed E-state index contributed by atoms with van der Waals surface area (Å²) in [5.41, 5.74) is 7.91. The molecular weight excluding hydrogens is 224 g/mol. The van der Waals surface area contributed by atoms with Crippen LogP contribution in [0.4, 0.5) is 0 Å². The van der Waals surface area contributed by atoms with Crippen LogP contribution in [0.25, 0.3) is 10.9 Å². The maximum atomic E-state index is 5.58. The topological polar surface area (TPSA) is 51.0 Å². The third-order valence-corrected chi connectivity index (χ3v) is 2.65. The third-order valence-electron chi connectivity index (χ3n) is 2.50. The first kappa shape index (κ1) is 11.3.